The van der Waals surface area contributed by atoms with Gasteiger partial charge in [0.15, 0.2) is 24.7 Å². The van der Waals surface area contributed by atoms with Crippen LogP contribution in [-0.4, -0.2) is 61.2 Å². The third-order valence-corrected chi connectivity index (χ3v) is 7.60. The molecular formula is C32H32N2O6. The summed E-state index contributed by atoms with van der Waals surface area (Å²) in [7, 11) is 3.23. The Labute approximate surface area is 233 Å². The highest BCUT2D eigenvalue weighted by Crippen LogP contribution is 2.45. The van der Waals surface area contributed by atoms with Crippen LogP contribution in [0.5, 0.6) is 23.0 Å². The molecule has 2 aliphatic heterocycles. The molecule has 8 nitrogen and oxygen atoms in total. The van der Waals surface area contributed by atoms with Crippen LogP contribution < -0.4 is 28.7 Å². The number of rotatable bonds is 8. The largest absolute Gasteiger partial charge is 0.497 e. The molecule has 8 heteroatoms. The molecule has 4 aromatic rings. The minimum Gasteiger partial charge on any atom is -0.497 e. The third-order valence-electron chi connectivity index (χ3n) is 7.60. The molecule has 2 N–H and O–H groups in total. The van der Waals surface area contributed by atoms with E-state index in [0.29, 0.717) is 23.0 Å². The molecule has 0 amide bonds. The Balaban J connectivity index is 1.47. The molecule has 6 rings (SSSR count). The molecular weight excluding hydrogens is 508 g/mol. The molecule has 6 atom stereocenters. The third kappa shape index (κ3) is 4.65. The van der Waals surface area contributed by atoms with E-state index in [1.165, 1.54) is 0 Å². The molecule has 0 radical (unpaired) electrons. The number of aliphatic hydroxyl groups excluding tert-OH is 2. The van der Waals surface area contributed by atoms with Crippen molar-refractivity contribution >= 4 is 11.4 Å². The van der Waals surface area contributed by atoms with Gasteiger partial charge in [0.25, 0.3) is 0 Å². The van der Waals surface area contributed by atoms with E-state index in [-0.39, 0.29) is 0 Å². The summed E-state index contributed by atoms with van der Waals surface area (Å²) in [6, 6.07) is 32.9. The number of benzene rings is 4. The van der Waals surface area contributed by atoms with E-state index in [0.717, 1.165) is 11.4 Å². The molecule has 0 saturated carbocycles. The Morgan fingerprint density at radius 1 is 0.475 bits per heavy atom. The smallest absolute Gasteiger partial charge is 0.167 e. The summed E-state index contributed by atoms with van der Waals surface area (Å²) < 4.78 is 23.7. The van der Waals surface area contributed by atoms with E-state index >= 15 is 0 Å². The Kier molecular flexibility index (Phi) is 7.11. The normalized spacial score (nSPS) is 25.4. The van der Waals surface area contributed by atoms with Gasteiger partial charge < -0.3 is 39.0 Å². The summed E-state index contributed by atoms with van der Waals surface area (Å²) >= 11 is 0. The van der Waals surface area contributed by atoms with E-state index in [4.69, 9.17) is 18.9 Å². The van der Waals surface area contributed by atoms with Gasteiger partial charge in [-0.25, -0.2) is 0 Å². The maximum atomic E-state index is 11.9. The zero-order valence-electron chi connectivity index (χ0n) is 22.3. The topological polar surface area (TPSA) is 83.9 Å². The van der Waals surface area contributed by atoms with Crippen molar-refractivity contribution in [2.75, 3.05) is 24.0 Å². The van der Waals surface area contributed by atoms with Gasteiger partial charge in [0.05, 0.1) is 26.3 Å². The van der Waals surface area contributed by atoms with E-state index in [2.05, 4.69) is 0 Å². The lowest BCUT2D eigenvalue weighted by Crippen LogP contribution is -2.51. The summed E-state index contributed by atoms with van der Waals surface area (Å²) in [5, 5.41) is 23.8. The Bertz CT molecular complexity index is 1280. The molecule has 2 aliphatic rings. The Morgan fingerprint density at radius 2 is 0.825 bits per heavy atom. The number of hydrogen-bond donors (Lipinski definition) is 2. The number of nitrogens with zero attached hydrogens (tertiary/aromatic N) is 2. The molecule has 0 unspecified atom stereocenters. The average Bonchev–Trinajstić information content (AvgIpc) is 3.43. The molecule has 0 bridgehead atoms. The lowest BCUT2D eigenvalue weighted by Gasteiger charge is -2.35. The monoisotopic (exact) mass is 540 g/mol. The van der Waals surface area contributed by atoms with E-state index in [9.17, 15) is 10.2 Å². The second-order valence-corrected chi connectivity index (χ2v) is 9.81. The van der Waals surface area contributed by atoms with Crippen LogP contribution >= 0.6 is 0 Å². The predicted octanol–water partition coefficient (Wildman–Crippen LogP) is 4.31. The molecule has 206 valence electrons. The summed E-state index contributed by atoms with van der Waals surface area (Å²) in [6.45, 7) is 0. The van der Waals surface area contributed by atoms with Gasteiger partial charge in [-0.3, -0.25) is 0 Å². The van der Waals surface area contributed by atoms with E-state index in [1.807, 2.05) is 119 Å². The molecule has 2 fully saturated rings. The lowest BCUT2D eigenvalue weighted by atomic mass is 10.0. The SMILES string of the molecule is COc1ccc(N2[C@H]3[C@H](Oc4ccccc4)[C@H](O)N(c4ccc(OC)cc4)[C@H]3[C@H](Oc3ccccc3)[C@@H]2O)cc1. The van der Waals surface area contributed by atoms with Crippen LogP contribution in [0.15, 0.2) is 109 Å². The van der Waals surface area contributed by atoms with Crippen LogP contribution in [0.25, 0.3) is 0 Å². The number of para-hydroxylation sites is 2. The summed E-state index contributed by atoms with van der Waals surface area (Å²) in [4.78, 5) is 3.77. The van der Waals surface area contributed by atoms with E-state index < -0.39 is 36.7 Å². The van der Waals surface area contributed by atoms with Gasteiger partial charge in [0.2, 0.25) is 0 Å². The van der Waals surface area contributed by atoms with Crippen molar-refractivity contribution in [2.24, 2.45) is 0 Å². The zero-order valence-corrected chi connectivity index (χ0v) is 22.3. The summed E-state index contributed by atoms with van der Waals surface area (Å²) in [5.41, 5.74) is 1.51. The number of hydrogen-bond acceptors (Lipinski definition) is 8. The van der Waals surface area contributed by atoms with Gasteiger partial charge in [-0.15, -0.1) is 0 Å². The molecule has 4 aromatic carbocycles. The molecule has 2 heterocycles. The minimum absolute atomic E-state index is 0.477. The van der Waals surface area contributed by atoms with Gasteiger partial charge in [-0.1, -0.05) is 36.4 Å². The van der Waals surface area contributed by atoms with Crippen LogP contribution in [0, 0.1) is 0 Å². The lowest BCUT2D eigenvalue weighted by molar-refractivity contribution is 0.0261. The zero-order chi connectivity index (χ0) is 27.6. The van der Waals surface area contributed by atoms with Crippen molar-refractivity contribution in [1.82, 2.24) is 0 Å². The highest BCUT2D eigenvalue weighted by atomic mass is 16.5. The van der Waals surface area contributed by atoms with Gasteiger partial charge in [-0.05, 0) is 72.8 Å². The molecule has 0 aliphatic carbocycles. The van der Waals surface area contributed by atoms with Crippen LogP contribution in [0.4, 0.5) is 11.4 Å². The standard InChI is InChI=1S/C32H32N2O6/c1-37-23-17-13-21(14-18-23)33-27-28(30(31(33)35)40-26-11-7-4-8-12-26)34(22-15-19-24(38-2)20-16-22)32(36)29(27)39-25-9-5-3-6-10-25/h3-20,27-32,35-36H,1-2H3/t27-,28-,29+,30+,31+,32+/m1/s1. The molecule has 0 aromatic heterocycles. The van der Waals surface area contributed by atoms with Crippen LogP contribution in [0.2, 0.25) is 0 Å². The second kappa shape index (κ2) is 11.0. The fourth-order valence-electron chi connectivity index (χ4n) is 5.79. The van der Waals surface area contributed by atoms with Crippen molar-refractivity contribution < 1.29 is 29.2 Å². The minimum atomic E-state index is -1.04. The highest BCUT2D eigenvalue weighted by Gasteiger charge is 2.64. The fraction of sp³-hybridized carbons (Fsp3) is 0.250. The summed E-state index contributed by atoms with van der Waals surface area (Å²) in [5.74, 6) is 2.65. The van der Waals surface area contributed by atoms with Gasteiger partial charge in [-0.2, -0.15) is 0 Å². The Hall–Kier alpha value is -4.40. The number of ether oxygens (including phenoxy) is 4. The first-order valence-electron chi connectivity index (χ1n) is 13.2. The quantitative estimate of drug-likeness (QED) is 0.342. The first kappa shape index (κ1) is 25.9. The van der Waals surface area contributed by atoms with Crippen LogP contribution in [0.3, 0.4) is 0 Å². The maximum absolute atomic E-state index is 11.9. The molecule has 2 saturated heterocycles. The fourth-order valence-corrected chi connectivity index (χ4v) is 5.79. The highest BCUT2D eigenvalue weighted by molar-refractivity contribution is 5.60. The van der Waals surface area contributed by atoms with Gasteiger partial charge in [0, 0.05) is 11.4 Å². The number of aliphatic hydroxyl groups is 2. The van der Waals surface area contributed by atoms with Crippen molar-refractivity contribution in [2.45, 2.75) is 36.7 Å². The van der Waals surface area contributed by atoms with Crippen molar-refractivity contribution in [1.29, 1.82) is 0 Å². The van der Waals surface area contributed by atoms with Gasteiger partial charge in [0.1, 0.15) is 23.0 Å². The number of methoxy groups -OCH3 is 2. The van der Waals surface area contributed by atoms with Gasteiger partial charge >= 0.3 is 0 Å². The molecule has 40 heavy (non-hydrogen) atoms. The van der Waals surface area contributed by atoms with E-state index in [1.54, 1.807) is 14.2 Å². The second-order valence-electron chi connectivity index (χ2n) is 9.81. The number of anilines is 2. The van der Waals surface area contributed by atoms with Crippen molar-refractivity contribution in [3.63, 3.8) is 0 Å². The molecule has 0 spiro atoms. The van der Waals surface area contributed by atoms with Crippen molar-refractivity contribution in [3.8, 4) is 23.0 Å². The first-order valence-corrected chi connectivity index (χ1v) is 13.2. The number of fused-ring (bicyclic) bond motifs is 1. The van der Waals surface area contributed by atoms with Crippen LogP contribution in [0.1, 0.15) is 0 Å². The average molecular weight is 541 g/mol. The van der Waals surface area contributed by atoms with Crippen LogP contribution in [-0.2, 0) is 0 Å². The first-order chi connectivity index (χ1) is 19.6. The predicted molar refractivity (Wildman–Crippen MR) is 152 cm³/mol. The van der Waals surface area contributed by atoms with Crippen molar-refractivity contribution in [3.05, 3.63) is 109 Å². The maximum Gasteiger partial charge on any atom is 0.167 e. The Morgan fingerprint density at radius 3 is 1.15 bits per heavy atom. The summed E-state index contributed by atoms with van der Waals surface area (Å²) in [6.07, 6.45) is -3.54.